The van der Waals surface area contributed by atoms with E-state index in [1.54, 1.807) is 11.8 Å². The Balaban J connectivity index is 2.99. The van der Waals surface area contributed by atoms with Crippen LogP contribution in [-0.4, -0.2) is 15.8 Å². The molecule has 0 amide bonds. The molecular weight excluding hydrogens is 224 g/mol. The third-order valence-electron chi connectivity index (χ3n) is 1.84. The van der Waals surface area contributed by atoms with Crippen LogP contribution in [0.15, 0.2) is 24.5 Å². The molecule has 15 heavy (non-hydrogen) atoms. The lowest BCUT2D eigenvalue weighted by molar-refractivity contribution is -0.574. The Morgan fingerprint density at radius 3 is 2.60 bits per heavy atom. The van der Waals surface area contributed by atoms with Crippen LogP contribution in [-0.2, 0) is 0 Å². The van der Waals surface area contributed by atoms with Gasteiger partial charge in [0.15, 0.2) is 16.6 Å². The molecule has 78 valence electrons. The second-order valence-electron chi connectivity index (χ2n) is 2.98. The van der Waals surface area contributed by atoms with Gasteiger partial charge in [-0.15, -0.1) is 11.8 Å². The van der Waals surface area contributed by atoms with Crippen LogP contribution in [0.1, 0.15) is 12.5 Å². The van der Waals surface area contributed by atoms with Crippen molar-refractivity contribution in [3.8, 4) is 0 Å². The molecule has 2 nitrogen and oxygen atoms in total. The maximum atomic E-state index is 7.25. The summed E-state index contributed by atoms with van der Waals surface area (Å²) in [6.45, 7) is 4.07. The van der Waals surface area contributed by atoms with Crippen molar-refractivity contribution in [2.75, 3.05) is 5.75 Å². The lowest BCUT2D eigenvalue weighted by Gasteiger charge is -1.99. The summed E-state index contributed by atoms with van der Waals surface area (Å²) in [6, 6.07) is 3.97. The molecule has 1 rings (SSSR count). The third kappa shape index (κ3) is 3.27. The van der Waals surface area contributed by atoms with Crippen LogP contribution in [0.5, 0.6) is 0 Å². The second kappa shape index (κ2) is 5.81. The fraction of sp³-hybridized carbons (Fsp3) is 0.273. The second-order valence-corrected chi connectivity index (χ2v) is 4.92. The molecule has 1 aromatic rings. The highest BCUT2D eigenvalue weighted by atomic mass is 32.2. The number of nitrogens with one attached hydrogen (secondary N) is 1. The molecule has 0 aromatic carbocycles. The van der Waals surface area contributed by atoms with Crippen LogP contribution in [0.25, 0.3) is 5.70 Å². The molecule has 0 aliphatic carbocycles. The van der Waals surface area contributed by atoms with E-state index in [1.165, 1.54) is 5.56 Å². The van der Waals surface area contributed by atoms with Gasteiger partial charge in [-0.05, 0) is 18.2 Å². The number of hydrogen-bond donors (Lipinski definition) is 1. The summed E-state index contributed by atoms with van der Waals surface area (Å²) in [5.74, 6) is 3.30. The van der Waals surface area contributed by atoms with Gasteiger partial charge in [-0.3, -0.25) is 5.41 Å². The van der Waals surface area contributed by atoms with E-state index in [9.17, 15) is 0 Å². The molecule has 1 heterocycles. The minimum atomic E-state index is 0.636. The van der Waals surface area contributed by atoms with Crippen LogP contribution in [0.3, 0.4) is 0 Å². The summed E-state index contributed by atoms with van der Waals surface area (Å²) in [7, 11) is 0. The predicted octanol–water partition coefficient (Wildman–Crippen LogP) is 2.45. The van der Waals surface area contributed by atoms with Gasteiger partial charge in [0, 0.05) is 12.1 Å². The van der Waals surface area contributed by atoms with Crippen LogP contribution >= 0.6 is 24.0 Å². The van der Waals surface area contributed by atoms with E-state index in [0.717, 1.165) is 5.75 Å². The molecule has 0 fully saturated rings. The maximum Gasteiger partial charge on any atom is 0.297 e. The van der Waals surface area contributed by atoms with Crippen molar-refractivity contribution in [2.24, 2.45) is 0 Å². The third-order valence-corrected chi connectivity index (χ3v) is 3.13. The Labute approximate surface area is 99.5 Å². The van der Waals surface area contributed by atoms with E-state index in [2.05, 4.69) is 5.87 Å². The van der Waals surface area contributed by atoms with E-state index in [4.69, 9.17) is 17.6 Å². The minimum Gasteiger partial charge on any atom is -0.253 e. The van der Waals surface area contributed by atoms with Gasteiger partial charge in [-0.25, -0.2) is 0 Å². The van der Waals surface area contributed by atoms with Crippen molar-refractivity contribution in [1.82, 2.24) is 0 Å². The molecule has 0 spiro atoms. The SMILES string of the molecule is CCSC(=S)C(=C=N)[n+]1ccc(C)cc1. The minimum absolute atomic E-state index is 0.636. The van der Waals surface area contributed by atoms with Gasteiger partial charge in [0.25, 0.3) is 5.70 Å². The molecule has 0 aliphatic rings. The van der Waals surface area contributed by atoms with Gasteiger partial charge in [0.05, 0.1) is 5.87 Å². The molecule has 0 saturated heterocycles. The fourth-order valence-corrected chi connectivity index (χ4v) is 2.14. The molecule has 0 unspecified atom stereocenters. The lowest BCUT2D eigenvalue weighted by atomic mass is 10.3. The first-order valence-electron chi connectivity index (χ1n) is 4.64. The summed E-state index contributed by atoms with van der Waals surface area (Å²) in [5.41, 5.74) is 1.82. The highest BCUT2D eigenvalue weighted by molar-refractivity contribution is 8.24. The number of thioether (sulfide) groups is 1. The maximum absolute atomic E-state index is 7.25. The number of aromatic nitrogens is 1. The monoisotopic (exact) mass is 237 g/mol. The summed E-state index contributed by atoms with van der Waals surface area (Å²) in [5, 5.41) is 7.25. The average Bonchev–Trinajstić information content (AvgIpc) is 2.22. The first kappa shape index (κ1) is 12.1. The molecule has 0 saturated carbocycles. The van der Waals surface area contributed by atoms with Gasteiger partial charge >= 0.3 is 0 Å². The molecule has 0 bridgehead atoms. The number of nitrogens with zero attached hydrogens (tertiary/aromatic N) is 1. The Bertz CT molecular complexity index is 403. The normalized spacial score (nSPS) is 9.47. The summed E-state index contributed by atoms with van der Waals surface area (Å²) >= 11 is 6.77. The van der Waals surface area contributed by atoms with Crippen molar-refractivity contribution in [3.63, 3.8) is 0 Å². The summed E-state index contributed by atoms with van der Waals surface area (Å²) in [4.78, 5) is 0. The number of rotatable bonds is 3. The number of thiocarbonyl (C=S) groups is 1. The molecule has 1 aromatic heterocycles. The van der Waals surface area contributed by atoms with Gasteiger partial charge in [-0.2, -0.15) is 4.57 Å². The van der Waals surface area contributed by atoms with Crippen molar-refractivity contribution >= 4 is 39.7 Å². The smallest absolute Gasteiger partial charge is 0.253 e. The van der Waals surface area contributed by atoms with Crippen molar-refractivity contribution in [2.45, 2.75) is 13.8 Å². The Hall–Kier alpha value is -0.960. The molecule has 4 heteroatoms. The zero-order valence-corrected chi connectivity index (χ0v) is 10.4. The van der Waals surface area contributed by atoms with Gasteiger partial charge in [0.2, 0.25) is 0 Å². The standard InChI is InChI=1S/C11H13N2S2/c1-3-15-11(14)10(8-12)13-6-4-9(2)5-7-13/h4-7,12H,3H2,1-2H3/q+1. The van der Waals surface area contributed by atoms with E-state index >= 15 is 0 Å². The van der Waals surface area contributed by atoms with Crippen LogP contribution in [0.2, 0.25) is 0 Å². The van der Waals surface area contributed by atoms with Gasteiger partial charge in [-0.1, -0.05) is 19.1 Å². The molecular formula is C11H13N2S2+. The number of pyridine rings is 1. The Morgan fingerprint density at radius 1 is 1.53 bits per heavy atom. The van der Waals surface area contributed by atoms with Gasteiger partial charge < -0.3 is 0 Å². The van der Waals surface area contributed by atoms with Crippen molar-refractivity contribution < 1.29 is 4.57 Å². The highest BCUT2D eigenvalue weighted by Gasteiger charge is 2.15. The van der Waals surface area contributed by atoms with Crippen molar-refractivity contribution in [1.29, 1.82) is 5.41 Å². The largest absolute Gasteiger partial charge is 0.297 e. The fourth-order valence-electron chi connectivity index (χ4n) is 1.07. The van der Waals surface area contributed by atoms with Crippen LogP contribution < -0.4 is 4.57 Å². The first-order valence-corrected chi connectivity index (χ1v) is 6.03. The Kier molecular flexibility index (Phi) is 4.69. The molecule has 0 aliphatic heterocycles. The zero-order valence-electron chi connectivity index (χ0n) is 8.78. The zero-order chi connectivity index (χ0) is 11.3. The van der Waals surface area contributed by atoms with Crippen LogP contribution in [0, 0.1) is 12.3 Å². The quantitative estimate of drug-likeness (QED) is 0.378. The van der Waals surface area contributed by atoms with E-state index in [1.807, 2.05) is 42.9 Å². The van der Waals surface area contributed by atoms with E-state index in [-0.39, 0.29) is 0 Å². The molecule has 0 radical (unpaired) electrons. The Morgan fingerprint density at radius 2 is 2.13 bits per heavy atom. The van der Waals surface area contributed by atoms with Crippen LogP contribution in [0.4, 0.5) is 0 Å². The molecule has 1 N–H and O–H groups in total. The lowest BCUT2D eigenvalue weighted by Crippen LogP contribution is -2.34. The van der Waals surface area contributed by atoms with E-state index in [0.29, 0.717) is 9.89 Å². The number of hydrogen-bond acceptors (Lipinski definition) is 3. The predicted molar refractivity (Wildman–Crippen MR) is 69.5 cm³/mol. The highest BCUT2D eigenvalue weighted by Crippen LogP contribution is 2.10. The topological polar surface area (TPSA) is 27.7 Å². The average molecular weight is 237 g/mol. The summed E-state index contributed by atoms with van der Waals surface area (Å²) < 4.78 is 2.53. The van der Waals surface area contributed by atoms with E-state index < -0.39 is 0 Å². The molecule has 0 atom stereocenters. The summed E-state index contributed by atoms with van der Waals surface area (Å²) in [6.07, 6.45) is 3.80. The first-order chi connectivity index (χ1) is 7.19. The van der Waals surface area contributed by atoms with Crippen molar-refractivity contribution in [3.05, 3.63) is 30.1 Å². The van der Waals surface area contributed by atoms with Gasteiger partial charge in [0.1, 0.15) is 0 Å². The number of aryl methyl sites for hydroxylation is 1.